The molecule has 0 unspecified atom stereocenters. The standard InChI is InChI=1S/C16H36N.CH2O/c1-5-9-13-17(14-10-6-2,15-11-7-3)16-12-8-4;1-2/h5-16H2,1-4H3;1H2/q+1;. The molecule has 0 amide bonds. The van der Waals surface area contributed by atoms with Gasteiger partial charge in [0, 0.05) is 0 Å². The molecule has 0 saturated heterocycles. The summed E-state index contributed by atoms with van der Waals surface area (Å²) in [6, 6.07) is 0. The Morgan fingerprint density at radius 3 is 0.947 bits per heavy atom. The molecule has 0 aromatic heterocycles. The van der Waals surface area contributed by atoms with Crippen LogP contribution >= 0.6 is 0 Å². The Labute approximate surface area is 122 Å². The number of quaternary nitrogens is 1. The smallest absolute Gasteiger partial charge is 0.106 e. The number of carbonyl (C=O) groups excluding carboxylic acids is 1. The van der Waals surface area contributed by atoms with E-state index in [-0.39, 0.29) is 0 Å². The van der Waals surface area contributed by atoms with Gasteiger partial charge in [0.1, 0.15) is 6.79 Å². The van der Waals surface area contributed by atoms with Crippen LogP contribution < -0.4 is 0 Å². The van der Waals surface area contributed by atoms with E-state index in [0.717, 1.165) is 0 Å². The number of nitrogens with zero attached hydrogens (tertiary/aromatic N) is 1. The minimum Gasteiger partial charge on any atom is -0.324 e. The van der Waals surface area contributed by atoms with Crippen LogP contribution in [0.5, 0.6) is 0 Å². The lowest BCUT2D eigenvalue weighted by Gasteiger charge is -2.39. The Morgan fingerprint density at radius 2 is 0.789 bits per heavy atom. The summed E-state index contributed by atoms with van der Waals surface area (Å²) in [6.45, 7) is 17.0. The molecular weight excluding hydrogens is 234 g/mol. The first kappa shape index (κ1) is 20.9. The van der Waals surface area contributed by atoms with Crippen molar-refractivity contribution in [2.45, 2.75) is 79.1 Å². The SMILES string of the molecule is C=O.CCCC[N+](CCCC)(CCCC)CCCC. The number of unbranched alkanes of at least 4 members (excludes halogenated alkanes) is 4. The molecule has 19 heavy (non-hydrogen) atoms. The fourth-order valence-corrected chi connectivity index (χ4v) is 2.64. The van der Waals surface area contributed by atoms with Gasteiger partial charge in [-0.1, -0.05) is 53.4 Å². The van der Waals surface area contributed by atoms with Crippen molar-refractivity contribution in [3.8, 4) is 0 Å². The zero-order valence-corrected chi connectivity index (χ0v) is 14.0. The van der Waals surface area contributed by atoms with Crippen molar-refractivity contribution in [3.63, 3.8) is 0 Å². The van der Waals surface area contributed by atoms with Crippen molar-refractivity contribution >= 4 is 6.79 Å². The van der Waals surface area contributed by atoms with Gasteiger partial charge in [0.2, 0.25) is 0 Å². The van der Waals surface area contributed by atoms with E-state index in [1.54, 1.807) is 0 Å². The highest BCUT2D eigenvalue weighted by Gasteiger charge is 2.24. The second-order valence-electron chi connectivity index (χ2n) is 5.65. The van der Waals surface area contributed by atoms with Crippen molar-refractivity contribution in [3.05, 3.63) is 0 Å². The van der Waals surface area contributed by atoms with Gasteiger partial charge in [-0.2, -0.15) is 0 Å². The highest BCUT2D eigenvalue weighted by atomic mass is 16.1. The first-order valence-electron chi connectivity index (χ1n) is 8.38. The highest BCUT2D eigenvalue weighted by Crippen LogP contribution is 2.16. The Hall–Kier alpha value is -0.370. The molecule has 0 atom stereocenters. The van der Waals surface area contributed by atoms with Crippen LogP contribution in [0.15, 0.2) is 0 Å². The summed E-state index contributed by atoms with van der Waals surface area (Å²) >= 11 is 0. The van der Waals surface area contributed by atoms with Gasteiger partial charge in [-0.15, -0.1) is 0 Å². The Kier molecular flexibility index (Phi) is 17.3. The summed E-state index contributed by atoms with van der Waals surface area (Å²) in [4.78, 5) is 8.00. The number of rotatable bonds is 12. The van der Waals surface area contributed by atoms with Gasteiger partial charge in [-0.05, 0) is 25.7 Å². The van der Waals surface area contributed by atoms with E-state index in [2.05, 4.69) is 27.7 Å². The van der Waals surface area contributed by atoms with Gasteiger partial charge in [0.25, 0.3) is 0 Å². The average Bonchev–Trinajstić information content (AvgIpc) is 2.48. The quantitative estimate of drug-likeness (QED) is 0.466. The van der Waals surface area contributed by atoms with Gasteiger partial charge in [-0.25, -0.2) is 0 Å². The van der Waals surface area contributed by atoms with Crippen LogP contribution in [0.2, 0.25) is 0 Å². The third-order valence-corrected chi connectivity index (χ3v) is 3.94. The molecule has 0 aliphatic carbocycles. The van der Waals surface area contributed by atoms with E-state index >= 15 is 0 Å². The molecule has 0 aromatic rings. The summed E-state index contributed by atoms with van der Waals surface area (Å²) in [5.74, 6) is 0. The lowest BCUT2D eigenvalue weighted by molar-refractivity contribution is -0.929. The average molecular weight is 272 g/mol. The maximum absolute atomic E-state index is 8.00. The zero-order chi connectivity index (χ0) is 15.0. The predicted octanol–water partition coefficient (Wildman–Crippen LogP) is 4.82. The molecule has 0 aromatic carbocycles. The van der Waals surface area contributed by atoms with E-state index < -0.39 is 0 Å². The van der Waals surface area contributed by atoms with Crippen LogP contribution in [-0.2, 0) is 4.79 Å². The molecule has 2 nitrogen and oxygen atoms in total. The molecule has 0 rings (SSSR count). The molecule has 2 heteroatoms. The largest absolute Gasteiger partial charge is 0.324 e. The summed E-state index contributed by atoms with van der Waals surface area (Å²) < 4.78 is 1.42. The monoisotopic (exact) mass is 272 g/mol. The van der Waals surface area contributed by atoms with E-state index in [9.17, 15) is 0 Å². The first-order chi connectivity index (χ1) is 9.24. The van der Waals surface area contributed by atoms with Crippen LogP contribution in [0, 0.1) is 0 Å². The van der Waals surface area contributed by atoms with Crippen molar-refractivity contribution in [2.24, 2.45) is 0 Å². The fraction of sp³-hybridized carbons (Fsp3) is 0.941. The third-order valence-electron chi connectivity index (χ3n) is 3.94. The van der Waals surface area contributed by atoms with Gasteiger partial charge in [0.05, 0.1) is 26.2 Å². The zero-order valence-electron chi connectivity index (χ0n) is 14.0. The fourth-order valence-electron chi connectivity index (χ4n) is 2.64. The number of carbonyl (C=O) groups is 1. The van der Waals surface area contributed by atoms with Crippen molar-refractivity contribution in [2.75, 3.05) is 26.2 Å². The van der Waals surface area contributed by atoms with E-state index in [1.165, 1.54) is 82.0 Å². The molecular formula is C17H38NO+. The predicted molar refractivity (Wildman–Crippen MR) is 86.5 cm³/mol. The van der Waals surface area contributed by atoms with E-state index in [0.29, 0.717) is 0 Å². The lowest BCUT2D eigenvalue weighted by atomic mass is 10.1. The second kappa shape index (κ2) is 15.7. The topological polar surface area (TPSA) is 17.1 Å². The van der Waals surface area contributed by atoms with Crippen molar-refractivity contribution < 1.29 is 9.28 Å². The highest BCUT2D eigenvalue weighted by molar-refractivity contribution is 5.10. The summed E-state index contributed by atoms with van der Waals surface area (Å²) in [7, 11) is 0. The van der Waals surface area contributed by atoms with Gasteiger partial charge < -0.3 is 9.28 Å². The van der Waals surface area contributed by atoms with Crippen molar-refractivity contribution in [1.82, 2.24) is 0 Å². The van der Waals surface area contributed by atoms with Gasteiger partial charge >= 0.3 is 0 Å². The van der Waals surface area contributed by atoms with Gasteiger partial charge in [0.15, 0.2) is 0 Å². The molecule has 0 heterocycles. The maximum Gasteiger partial charge on any atom is 0.106 e. The molecule has 0 fully saturated rings. The van der Waals surface area contributed by atoms with Crippen LogP contribution in [0.1, 0.15) is 79.1 Å². The molecule has 0 aliphatic rings. The third kappa shape index (κ3) is 11.2. The summed E-state index contributed by atoms with van der Waals surface area (Å²) in [5.41, 5.74) is 0. The molecule has 0 aliphatic heterocycles. The Bertz CT molecular complexity index is 133. The van der Waals surface area contributed by atoms with E-state index in [4.69, 9.17) is 4.79 Å². The minimum atomic E-state index is 1.35. The normalized spacial score (nSPS) is 10.9. The van der Waals surface area contributed by atoms with Crippen LogP contribution in [-0.4, -0.2) is 37.5 Å². The van der Waals surface area contributed by atoms with Crippen LogP contribution in [0.4, 0.5) is 0 Å². The summed E-state index contributed by atoms with van der Waals surface area (Å²) in [5, 5.41) is 0. The van der Waals surface area contributed by atoms with Crippen LogP contribution in [0.25, 0.3) is 0 Å². The van der Waals surface area contributed by atoms with E-state index in [1.807, 2.05) is 6.79 Å². The second-order valence-corrected chi connectivity index (χ2v) is 5.65. The molecule has 0 bridgehead atoms. The maximum atomic E-state index is 8.00. The first-order valence-corrected chi connectivity index (χ1v) is 8.38. The minimum absolute atomic E-state index is 1.35. The Balaban J connectivity index is 0. The Morgan fingerprint density at radius 1 is 0.579 bits per heavy atom. The molecule has 0 spiro atoms. The molecule has 116 valence electrons. The summed E-state index contributed by atoms with van der Waals surface area (Å²) in [6.07, 6.45) is 11.1. The molecule has 0 N–H and O–H groups in total. The molecule has 0 radical (unpaired) electrons. The van der Waals surface area contributed by atoms with Crippen molar-refractivity contribution in [1.29, 1.82) is 0 Å². The number of hydrogen-bond acceptors (Lipinski definition) is 1. The lowest BCUT2D eigenvalue weighted by Crippen LogP contribution is -2.50. The van der Waals surface area contributed by atoms with Gasteiger partial charge in [-0.3, -0.25) is 0 Å². The number of hydrogen-bond donors (Lipinski definition) is 0. The molecule has 0 saturated carbocycles. The van der Waals surface area contributed by atoms with Crippen LogP contribution in [0.3, 0.4) is 0 Å².